The number of benzene rings is 2. The van der Waals surface area contributed by atoms with Crippen molar-refractivity contribution in [1.82, 2.24) is 5.32 Å². The largest absolute Gasteiger partial charge is 0.455 e. The predicted octanol–water partition coefficient (Wildman–Crippen LogP) is 4.59. The number of nitrogens with one attached hydrogen (secondary N) is 1. The zero-order valence-corrected chi connectivity index (χ0v) is 16.6. The van der Waals surface area contributed by atoms with Crippen molar-refractivity contribution in [1.29, 1.82) is 0 Å². The average molecular weight is 432 g/mol. The minimum Gasteiger partial charge on any atom is -0.455 e. The predicted molar refractivity (Wildman–Crippen MR) is 105 cm³/mol. The van der Waals surface area contributed by atoms with Gasteiger partial charge in [0.25, 0.3) is 5.91 Å². The molecule has 0 saturated carbocycles. The molecule has 0 spiro atoms. The van der Waals surface area contributed by atoms with Crippen LogP contribution < -0.4 is 5.32 Å². The van der Waals surface area contributed by atoms with Crippen molar-refractivity contribution in [3.8, 4) is 0 Å². The highest BCUT2D eigenvalue weighted by Gasteiger charge is 2.14. The average Bonchev–Trinajstić information content (AvgIpc) is 3.09. The Bertz CT molecular complexity index is 951. The fourth-order valence-corrected chi connectivity index (χ4v) is 4.00. The molecular formula is C20H18BrNO3S. The topological polar surface area (TPSA) is 59.3 Å². The number of aryl methyl sites for hydroxylation is 1. The van der Waals surface area contributed by atoms with E-state index in [1.165, 1.54) is 0 Å². The summed E-state index contributed by atoms with van der Waals surface area (Å²) in [7, 11) is -1.21. The molecule has 4 nitrogen and oxygen atoms in total. The second kappa shape index (κ2) is 8.47. The van der Waals surface area contributed by atoms with Gasteiger partial charge in [-0.15, -0.1) is 0 Å². The Morgan fingerprint density at radius 3 is 2.69 bits per heavy atom. The molecule has 1 heterocycles. The molecule has 0 radical (unpaired) electrons. The summed E-state index contributed by atoms with van der Waals surface area (Å²) >= 11 is 3.45. The third kappa shape index (κ3) is 4.71. The molecule has 2 aromatic carbocycles. The van der Waals surface area contributed by atoms with Crippen LogP contribution in [0.25, 0.3) is 0 Å². The maximum atomic E-state index is 12.4. The number of hydrogen-bond donors (Lipinski definition) is 1. The van der Waals surface area contributed by atoms with Crippen LogP contribution in [0.1, 0.15) is 27.4 Å². The van der Waals surface area contributed by atoms with Crippen molar-refractivity contribution in [3.63, 3.8) is 0 Å². The molecule has 0 aliphatic carbocycles. The van der Waals surface area contributed by atoms with Crippen molar-refractivity contribution in [2.45, 2.75) is 24.1 Å². The van der Waals surface area contributed by atoms with Gasteiger partial charge in [0.05, 0.1) is 16.6 Å². The number of halogens is 1. The minimum absolute atomic E-state index is 0.216. The zero-order valence-electron chi connectivity index (χ0n) is 14.2. The monoisotopic (exact) mass is 431 g/mol. The Morgan fingerprint density at radius 2 is 1.92 bits per heavy atom. The Balaban J connectivity index is 1.61. The minimum atomic E-state index is -1.21. The molecule has 3 rings (SSSR count). The molecule has 6 heteroatoms. The Morgan fingerprint density at radius 1 is 1.12 bits per heavy atom. The number of carbonyl (C=O) groups is 1. The van der Waals surface area contributed by atoms with Crippen LogP contribution in [0.4, 0.5) is 0 Å². The summed E-state index contributed by atoms with van der Waals surface area (Å²) in [6.07, 6.45) is 0. The van der Waals surface area contributed by atoms with E-state index < -0.39 is 10.8 Å². The third-order valence-electron chi connectivity index (χ3n) is 3.81. The van der Waals surface area contributed by atoms with Gasteiger partial charge in [-0.25, -0.2) is 0 Å². The van der Waals surface area contributed by atoms with E-state index in [9.17, 15) is 9.00 Å². The van der Waals surface area contributed by atoms with Crippen molar-refractivity contribution in [2.75, 3.05) is 0 Å². The lowest BCUT2D eigenvalue weighted by atomic mass is 10.2. The molecule has 0 saturated heterocycles. The van der Waals surface area contributed by atoms with Crippen LogP contribution in [0.2, 0.25) is 0 Å². The lowest BCUT2D eigenvalue weighted by Crippen LogP contribution is -2.22. The van der Waals surface area contributed by atoms with Crippen molar-refractivity contribution in [3.05, 3.63) is 87.8 Å². The van der Waals surface area contributed by atoms with Crippen molar-refractivity contribution in [2.24, 2.45) is 0 Å². The van der Waals surface area contributed by atoms with Gasteiger partial charge in [-0.05, 0) is 48.4 Å². The van der Waals surface area contributed by atoms with Crippen LogP contribution in [0, 0.1) is 6.92 Å². The molecule has 1 aromatic heterocycles. The van der Waals surface area contributed by atoms with Crippen LogP contribution in [0.3, 0.4) is 0 Å². The molecule has 134 valence electrons. The highest BCUT2D eigenvalue weighted by Crippen LogP contribution is 2.17. The van der Waals surface area contributed by atoms with Gasteiger partial charge in [0.1, 0.15) is 5.76 Å². The van der Waals surface area contributed by atoms with E-state index in [1.54, 1.807) is 12.1 Å². The lowest BCUT2D eigenvalue weighted by molar-refractivity contribution is 0.0921. The van der Waals surface area contributed by atoms with Crippen LogP contribution in [-0.4, -0.2) is 10.1 Å². The van der Waals surface area contributed by atoms with Gasteiger partial charge in [-0.2, -0.15) is 0 Å². The maximum Gasteiger partial charge on any atom is 0.287 e. The summed E-state index contributed by atoms with van der Waals surface area (Å²) in [5, 5.41) is 2.82. The van der Waals surface area contributed by atoms with E-state index in [0.717, 1.165) is 20.5 Å². The van der Waals surface area contributed by atoms with Crippen LogP contribution >= 0.6 is 15.9 Å². The highest BCUT2D eigenvalue weighted by molar-refractivity contribution is 9.10. The van der Waals surface area contributed by atoms with Gasteiger partial charge in [0.2, 0.25) is 0 Å². The van der Waals surface area contributed by atoms with Gasteiger partial charge >= 0.3 is 0 Å². The number of rotatable bonds is 6. The van der Waals surface area contributed by atoms with E-state index in [-0.39, 0.29) is 17.4 Å². The first-order valence-corrected chi connectivity index (χ1v) is 10.2. The van der Waals surface area contributed by atoms with E-state index in [1.807, 2.05) is 55.5 Å². The molecule has 26 heavy (non-hydrogen) atoms. The normalized spacial score (nSPS) is 11.9. The summed E-state index contributed by atoms with van der Waals surface area (Å²) < 4.78 is 18.9. The van der Waals surface area contributed by atoms with Gasteiger partial charge in [-0.1, -0.05) is 46.3 Å². The van der Waals surface area contributed by atoms with Gasteiger partial charge in [0.15, 0.2) is 5.76 Å². The van der Waals surface area contributed by atoms with E-state index in [2.05, 4.69) is 21.2 Å². The lowest BCUT2D eigenvalue weighted by Gasteiger charge is -2.05. The first-order chi connectivity index (χ1) is 12.5. The molecule has 0 aliphatic rings. The van der Waals surface area contributed by atoms with Gasteiger partial charge in [0, 0.05) is 15.9 Å². The Kier molecular flexibility index (Phi) is 6.06. The fraction of sp³-hybridized carbons (Fsp3) is 0.150. The molecule has 1 amide bonds. The first-order valence-electron chi connectivity index (χ1n) is 8.08. The molecular weight excluding hydrogens is 414 g/mol. The summed E-state index contributed by atoms with van der Waals surface area (Å²) in [5.74, 6) is 0.679. The number of hydrogen-bond acceptors (Lipinski definition) is 3. The number of carbonyl (C=O) groups excluding carboxylic acids is 1. The molecule has 0 bridgehead atoms. The Labute approximate surface area is 163 Å². The molecule has 0 fully saturated rings. The summed E-state index contributed by atoms with van der Waals surface area (Å²) in [6.45, 7) is 2.35. The van der Waals surface area contributed by atoms with E-state index in [4.69, 9.17) is 4.42 Å². The fourth-order valence-electron chi connectivity index (χ4n) is 2.45. The molecule has 1 atom stereocenters. The van der Waals surface area contributed by atoms with Crippen LogP contribution in [-0.2, 0) is 23.1 Å². The summed E-state index contributed by atoms with van der Waals surface area (Å²) in [6, 6.07) is 18.6. The highest BCUT2D eigenvalue weighted by atomic mass is 79.9. The standard InChI is InChI=1S/C20H18BrNO3S/c1-14-5-4-7-17(11-14)26(24)13-16-9-10-19(25-16)20(23)22-12-15-6-2-3-8-18(15)21/h2-11H,12-13H2,1H3,(H,22,23)/t26-/m1/s1. The number of amides is 1. The van der Waals surface area contributed by atoms with Gasteiger partial charge in [-0.3, -0.25) is 9.00 Å². The first kappa shape index (κ1) is 18.6. The maximum absolute atomic E-state index is 12.4. The second-order valence-electron chi connectivity index (χ2n) is 5.85. The Hall–Kier alpha value is -2.18. The van der Waals surface area contributed by atoms with Crippen molar-refractivity contribution < 1.29 is 13.4 Å². The third-order valence-corrected chi connectivity index (χ3v) is 5.91. The van der Waals surface area contributed by atoms with Crippen molar-refractivity contribution >= 4 is 32.6 Å². The van der Waals surface area contributed by atoms with E-state index >= 15 is 0 Å². The van der Waals surface area contributed by atoms with Crippen LogP contribution in [0.15, 0.2) is 74.4 Å². The number of furan rings is 1. The summed E-state index contributed by atoms with van der Waals surface area (Å²) in [4.78, 5) is 13.0. The SMILES string of the molecule is Cc1cccc([S@](=O)Cc2ccc(C(=O)NCc3ccccc3Br)o2)c1. The molecule has 3 aromatic rings. The molecule has 0 aliphatic heterocycles. The van der Waals surface area contributed by atoms with Gasteiger partial charge < -0.3 is 9.73 Å². The quantitative estimate of drug-likeness (QED) is 0.620. The zero-order chi connectivity index (χ0) is 18.5. The molecule has 1 N–H and O–H groups in total. The smallest absolute Gasteiger partial charge is 0.287 e. The second-order valence-corrected chi connectivity index (χ2v) is 8.15. The van der Waals surface area contributed by atoms with E-state index in [0.29, 0.717) is 12.3 Å². The summed E-state index contributed by atoms with van der Waals surface area (Å²) in [5.41, 5.74) is 2.04. The molecule has 0 unspecified atom stereocenters. The van der Waals surface area contributed by atoms with Crippen LogP contribution in [0.5, 0.6) is 0 Å².